The van der Waals surface area contributed by atoms with E-state index in [1.165, 1.54) is 5.56 Å². The predicted octanol–water partition coefficient (Wildman–Crippen LogP) is 6.73. The van der Waals surface area contributed by atoms with E-state index < -0.39 is 0 Å². The summed E-state index contributed by atoms with van der Waals surface area (Å²) in [6, 6.07) is 19.1. The largest absolute Gasteiger partial charge is 0.439 e. The van der Waals surface area contributed by atoms with Crippen LogP contribution in [-0.2, 0) is 18.1 Å². The smallest absolute Gasteiger partial charge is 0.224 e. The first-order valence-electron chi connectivity index (χ1n) is 9.74. The van der Waals surface area contributed by atoms with E-state index in [9.17, 15) is 0 Å². The summed E-state index contributed by atoms with van der Waals surface area (Å²) in [5.74, 6) is 4.01. The van der Waals surface area contributed by atoms with Crippen molar-refractivity contribution in [2.24, 2.45) is 0 Å². The molecule has 0 saturated heterocycles. The molecule has 0 unspecified atom stereocenters. The van der Waals surface area contributed by atoms with E-state index in [2.05, 4.69) is 10.3 Å². The van der Waals surface area contributed by atoms with Crippen LogP contribution in [0.4, 0.5) is 5.82 Å². The summed E-state index contributed by atoms with van der Waals surface area (Å²) in [7, 11) is 0. The van der Waals surface area contributed by atoms with Gasteiger partial charge < -0.3 is 10.1 Å². The summed E-state index contributed by atoms with van der Waals surface area (Å²) in [6.45, 7) is 0.525. The predicted molar refractivity (Wildman–Crippen MR) is 127 cm³/mol. The lowest BCUT2D eigenvalue weighted by atomic mass is 10.2. The van der Waals surface area contributed by atoms with Crippen LogP contribution in [-0.4, -0.2) is 14.8 Å². The molecule has 2 aromatic heterocycles. The molecule has 31 heavy (non-hydrogen) atoms. The zero-order valence-electron chi connectivity index (χ0n) is 16.4. The molecule has 1 aliphatic rings. The molecule has 1 N–H and O–H groups in total. The van der Waals surface area contributed by atoms with Crippen LogP contribution in [0.5, 0.6) is 11.6 Å². The number of para-hydroxylation sites is 1. The van der Waals surface area contributed by atoms with E-state index in [0.717, 1.165) is 40.0 Å². The van der Waals surface area contributed by atoms with Crippen LogP contribution in [0.1, 0.15) is 16.8 Å². The van der Waals surface area contributed by atoms with Crippen molar-refractivity contribution in [2.75, 3.05) is 5.32 Å². The highest BCUT2D eigenvalue weighted by Crippen LogP contribution is 2.38. The second-order valence-corrected chi connectivity index (χ2v) is 8.76. The van der Waals surface area contributed by atoms with Crippen LogP contribution in [0.15, 0.2) is 66.9 Å². The number of halogens is 2. The second-order valence-electron chi connectivity index (χ2n) is 6.99. The Morgan fingerprint density at radius 3 is 2.74 bits per heavy atom. The third kappa shape index (κ3) is 4.11. The molecule has 2 aromatic carbocycles. The van der Waals surface area contributed by atoms with Gasteiger partial charge in [0, 0.05) is 35.4 Å². The van der Waals surface area contributed by atoms with E-state index in [-0.39, 0.29) is 0 Å². The van der Waals surface area contributed by atoms with Crippen LogP contribution in [0, 0.1) is 0 Å². The Balaban J connectivity index is 1.46. The fraction of sp³-hybridized carbons (Fsp3) is 0.130. The molecule has 5 nitrogen and oxygen atoms in total. The second kappa shape index (κ2) is 8.83. The van der Waals surface area contributed by atoms with E-state index in [1.807, 2.05) is 71.0 Å². The summed E-state index contributed by atoms with van der Waals surface area (Å²) in [6.07, 6.45) is 1.73. The summed E-state index contributed by atoms with van der Waals surface area (Å²) >= 11 is 14.6. The van der Waals surface area contributed by atoms with Crippen molar-refractivity contribution in [3.8, 4) is 17.3 Å². The van der Waals surface area contributed by atoms with Gasteiger partial charge in [0.05, 0.1) is 21.4 Å². The maximum atomic E-state index is 6.50. The summed E-state index contributed by atoms with van der Waals surface area (Å²) in [5.41, 5.74) is 3.95. The number of hydrogen-bond acceptors (Lipinski definition) is 5. The van der Waals surface area contributed by atoms with Gasteiger partial charge in [-0.05, 0) is 30.3 Å². The molecule has 0 radical (unpaired) electrons. The highest BCUT2D eigenvalue weighted by molar-refractivity contribution is 7.98. The SMILES string of the molecule is Clc1cccc(-n2nc3c(c2NCc2cccnc2Oc2ccccc2)CSC3)c1Cl. The molecule has 0 atom stereocenters. The van der Waals surface area contributed by atoms with Crippen molar-refractivity contribution in [3.05, 3.63) is 93.7 Å². The maximum absolute atomic E-state index is 6.50. The fourth-order valence-electron chi connectivity index (χ4n) is 3.45. The highest BCUT2D eigenvalue weighted by Gasteiger charge is 2.25. The third-order valence-electron chi connectivity index (χ3n) is 4.97. The van der Waals surface area contributed by atoms with Crippen LogP contribution < -0.4 is 10.1 Å². The van der Waals surface area contributed by atoms with E-state index in [0.29, 0.717) is 22.5 Å². The Hall–Kier alpha value is -2.67. The lowest BCUT2D eigenvalue weighted by molar-refractivity contribution is 0.457. The number of pyridine rings is 1. The molecular formula is C23H18Cl2N4OS. The molecule has 0 saturated carbocycles. The van der Waals surface area contributed by atoms with Gasteiger partial charge in [0.1, 0.15) is 11.6 Å². The number of fused-ring (bicyclic) bond motifs is 1. The number of thioether (sulfide) groups is 1. The van der Waals surface area contributed by atoms with E-state index >= 15 is 0 Å². The highest BCUT2D eigenvalue weighted by atomic mass is 35.5. The fourth-order valence-corrected chi connectivity index (χ4v) is 4.86. The van der Waals surface area contributed by atoms with Crippen LogP contribution >= 0.6 is 35.0 Å². The van der Waals surface area contributed by atoms with E-state index in [4.69, 9.17) is 33.0 Å². The quantitative estimate of drug-likeness (QED) is 0.340. The lowest BCUT2D eigenvalue weighted by Crippen LogP contribution is -2.09. The van der Waals surface area contributed by atoms with Crippen LogP contribution in [0.25, 0.3) is 5.69 Å². The number of nitrogens with one attached hydrogen (secondary N) is 1. The molecule has 1 aliphatic heterocycles. The average molecular weight is 469 g/mol. The van der Waals surface area contributed by atoms with Gasteiger partial charge in [-0.2, -0.15) is 16.9 Å². The van der Waals surface area contributed by atoms with Crippen molar-refractivity contribution in [2.45, 2.75) is 18.1 Å². The zero-order valence-corrected chi connectivity index (χ0v) is 18.7. The lowest BCUT2D eigenvalue weighted by Gasteiger charge is -2.15. The standard InChI is InChI=1S/C23H18Cl2N4OS/c24-18-9-4-10-20(21(18)25)29-22(17-13-31-14-19(17)28-29)27-12-15-6-5-11-26-23(15)30-16-7-2-1-3-8-16/h1-11,27H,12-14H2. The molecule has 0 amide bonds. The molecule has 156 valence electrons. The maximum Gasteiger partial charge on any atom is 0.224 e. The van der Waals surface area contributed by atoms with Crippen LogP contribution in [0.3, 0.4) is 0 Å². The van der Waals surface area contributed by atoms with Gasteiger partial charge in [-0.25, -0.2) is 9.67 Å². The number of nitrogens with zero attached hydrogens (tertiary/aromatic N) is 3. The first-order chi connectivity index (χ1) is 15.2. The molecular weight excluding hydrogens is 451 g/mol. The Kier molecular flexibility index (Phi) is 5.76. The monoisotopic (exact) mass is 468 g/mol. The Labute approximate surface area is 194 Å². The number of rotatable bonds is 6. The first-order valence-corrected chi connectivity index (χ1v) is 11.7. The summed E-state index contributed by atoms with van der Waals surface area (Å²) in [4.78, 5) is 4.43. The van der Waals surface area contributed by atoms with Gasteiger partial charge in [0.25, 0.3) is 0 Å². The molecule has 3 heterocycles. The topological polar surface area (TPSA) is 52.0 Å². The van der Waals surface area contributed by atoms with Gasteiger partial charge >= 0.3 is 0 Å². The molecule has 5 rings (SSSR count). The molecule has 4 aromatic rings. The number of aromatic nitrogens is 3. The third-order valence-corrected chi connectivity index (χ3v) is 6.74. The normalized spacial score (nSPS) is 12.6. The number of benzene rings is 2. The molecule has 8 heteroatoms. The zero-order chi connectivity index (χ0) is 21.2. The van der Waals surface area contributed by atoms with Gasteiger partial charge in [0.15, 0.2) is 0 Å². The Bertz CT molecular complexity index is 1230. The van der Waals surface area contributed by atoms with E-state index in [1.54, 1.807) is 12.3 Å². The van der Waals surface area contributed by atoms with Gasteiger partial charge in [0.2, 0.25) is 5.88 Å². The Morgan fingerprint density at radius 1 is 1.00 bits per heavy atom. The molecule has 0 aliphatic carbocycles. The van der Waals surface area contributed by atoms with Crippen molar-refractivity contribution in [3.63, 3.8) is 0 Å². The minimum absolute atomic E-state index is 0.482. The minimum Gasteiger partial charge on any atom is -0.439 e. The van der Waals surface area contributed by atoms with Crippen molar-refractivity contribution >= 4 is 40.8 Å². The van der Waals surface area contributed by atoms with Gasteiger partial charge in [-0.1, -0.05) is 53.5 Å². The molecule has 0 bridgehead atoms. The average Bonchev–Trinajstić information content (AvgIpc) is 3.38. The summed E-state index contributed by atoms with van der Waals surface area (Å²) < 4.78 is 7.86. The minimum atomic E-state index is 0.482. The van der Waals surface area contributed by atoms with Gasteiger partial charge in [-0.15, -0.1) is 0 Å². The van der Waals surface area contributed by atoms with Crippen LogP contribution in [0.2, 0.25) is 10.0 Å². The van der Waals surface area contributed by atoms with Crippen molar-refractivity contribution < 1.29 is 4.74 Å². The number of hydrogen-bond donors (Lipinski definition) is 1. The number of ether oxygens (including phenoxy) is 1. The first kappa shape index (κ1) is 20.2. The van der Waals surface area contributed by atoms with Gasteiger partial charge in [-0.3, -0.25) is 0 Å². The summed E-state index contributed by atoms with van der Waals surface area (Å²) in [5, 5.41) is 9.34. The molecule has 0 fully saturated rings. The molecule has 0 spiro atoms. The van der Waals surface area contributed by atoms with Crippen molar-refractivity contribution in [1.82, 2.24) is 14.8 Å². The Morgan fingerprint density at radius 2 is 1.87 bits per heavy atom. The van der Waals surface area contributed by atoms with Crippen molar-refractivity contribution in [1.29, 1.82) is 0 Å². The number of anilines is 1.